The van der Waals surface area contributed by atoms with Crippen molar-refractivity contribution in [2.75, 3.05) is 33.0 Å². The second kappa shape index (κ2) is 11.8. The first-order chi connectivity index (χ1) is 8.24. The quantitative estimate of drug-likeness (QED) is 0.437. The Morgan fingerprint density at radius 1 is 1.24 bits per heavy atom. The van der Waals surface area contributed by atoms with Crippen LogP contribution < -0.4 is 5.73 Å². The number of carbonyl (C=O) groups excluding carboxylic acids is 1. The van der Waals surface area contributed by atoms with Crippen molar-refractivity contribution >= 4 is 5.97 Å². The summed E-state index contributed by atoms with van der Waals surface area (Å²) in [6.45, 7) is 6.32. The molecule has 5 heteroatoms. The van der Waals surface area contributed by atoms with Gasteiger partial charge >= 0.3 is 5.97 Å². The van der Waals surface area contributed by atoms with E-state index in [1.54, 1.807) is 0 Å². The smallest absolute Gasteiger partial charge is 0.308 e. The molecule has 5 nitrogen and oxygen atoms in total. The molecule has 0 amide bonds. The molecule has 102 valence electrons. The number of hydrogen-bond acceptors (Lipinski definition) is 5. The third kappa shape index (κ3) is 10.2. The fourth-order valence-corrected chi connectivity index (χ4v) is 1.25. The van der Waals surface area contributed by atoms with Crippen molar-refractivity contribution in [2.24, 2.45) is 5.73 Å². The average molecular weight is 247 g/mol. The topological polar surface area (TPSA) is 70.8 Å². The van der Waals surface area contributed by atoms with Gasteiger partial charge < -0.3 is 19.9 Å². The summed E-state index contributed by atoms with van der Waals surface area (Å²) in [6, 6.07) is 0. The first-order valence-corrected chi connectivity index (χ1v) is 6.29. The van der Waals surface area contributed by atoms with Crippen molar-refractivity contribution < 1.29 is 19.0 Å². The van der Waals surface area contributed by atoms with Crippen LogP contribution in [0.1, 0.15) is 33.1 Å². The molecule has 0 aliphatic carbocycles. The number of nitrogens with two attached hydrogens (primary N) is 1. The highest BCUT2D eigenvalue weighted by Crippen LogP contribution is 1.99. The molecule has 0 heterocycles. The van der Waals surface area contributed by atoms with E-state index in [2.05, 4.69) is 6.92 Å². The lowest BCUT2D eigenvalue weighted by atomic mass is 10.2. The second-order valence-electron chi connectivity index (χ2n) is 3.70. The zero-order chi connectivity index (χ0) is 12.9. The number of hydrogen-bond donors (Lipinski definition) is 1. The van der Waals surface area contributed by atoms with E-state index < -0.39 is 0 Å². The average Bonchev–Trinajstić information content (AvgIpc) is 2.33. The summed E-state index contributed by atoms with van der Waals surface area (Å²) in [5.41, 5.74) is 5.46. The van der Waals surface area contributed by atoms with Gasteiger partial charge in [0, 0.05) is 19.8 Å². The summed E-state index contributed by atoms with van der Waals surface area (Å²) in [5.74, 6) is -0.284. The van der Waals surface area contributed by atoms with Gasteiger partial charge in [-0.3, -0.25) is 4.79 Å². The van der Waals surface area contributed by atoms with E-state index in [0.717, 1.165) is 19.4 Å². The molecule has 0 bridgehead atoms. The summed E-state index contributed by atoms with van der Waals surface area (Å²) in [7, 11) is 0. The van der Waals surface area contributed by atoms with Crippen LogP contribution in [0.3, 0.4) is 0 Å². The molecule has 0 aromatic heterocycles. The van der Waals surface area contributed by atoms with Crippen LogP contribution in [0.5, 0.6) is 0 Å². The van der Waals surface area contributed by atoms with Gasteiger partial charge in [0.1, 0.15) is 6.61 Å². The van der Waals surface area contributed by atoms with Gasteiger partial charge in [-0.1, -0.05) is 13.3 Å². The Morgan fingerprint density at radius 3 is 2.59 bits per heavy atom. The number of unbranched alkanes of at least 4 members (excludes halogenated alkanes) is 1. The van der Waals surface area contributed by atoms with Crippen molar-refractivity contribution in [3.05, 3.63) is 0 Å². The van der Waals surface area contributed by atoms with E-state index in [1.165, 1.54) is 0 Å². The van der Waals surface area contributed by atoms with Crippen LogP contribution in [0.4, 0.5) is 0 Å². The normalized spacial score (nSPS) is 12.4. The number of esters is 1. The van der Waals surface area contributed by atoms with Gasteiger partial charge in [0.15, 0.2) is 0 Å². The molecule has 0 rings (SSSR count). The maximum atomic E-state index is 11.4. The van der Waals surface area contributed by atoms with E-state index in [4.69, 9.17) is 19.9 Å². The van der Waals surface area contributed by atoms with Crippen LogP contribution in [0, 0.1) is 0 Å². The molecule has 0 aliphatic rings. The fraction of sp³-hybridized carbons (Fsp3) is 0.917. The van der Waals surface area contributed by atoms with Crippen molar-refractivity contribution in [3.8, 4) is 0 Å². The molecule has 1 atom stereocenters. The van der Waals surface area contributed by atoms with Gasteiger partial charge in [-0.15, -0.1) is 0 Å². The molecule has 0 aliphatic heterocycles. The molecule has 0 radical (unpaired) electrons. The first kappa shape index (κ1) is 16.4. The van der Waals surface area contributed by atoms with Crippen LogP contribution in [-0.4, -0.2) is 45.0 Å². The minimum absolute atomic E-state index is 0.208. The molecule has 17 heavy (non-hydrogen) atoms. The number of carbonyl (C=O) groups is 1. The maximum absolute atomic E-state index is 11.4. The van der Waals surface area contributed by atoms with Crippen LogP contribution in [-0.2, 0) is 19.0 Å². The van der Waals surface area contributed by atoms with Gasteiger partial charge in [-0.25, -0.2) is 0 Å². The van der Waals surface area contributed by atoms with Crippen LogP contribution >= 0.6 is 0 Å². The molecule has 0 fully saturated rings. The monoisotopic (exact) mass is 247 g/mol. The maximum Gasteiger partial charge on any atom is 0.308 e. The highest BCUT2D eigenvalue weighted by atomic mass is 16.6. The standard InChI is InChI=1S/C12H25NO4/c1-3-5-6-15-7-8-17-12(14)9-11(10-13)16-4-2/h11H,3-10,13H2,1-2H3. The Bertz CT molecular complexity index is 187. The third-order valence-corrected chi connectivity index (χ3v) is 2.19. The molecule has 1 unspecified atom stereocenters. The summed E-state index contributed by atoms with van der Waals surface area (Å²) in [4.78, 5) is 11.4. The number of rotatable bonds is 11. The van der Waals surface area contributed by atoms with Crippen LogP contribution in [0.15, 0.2) is 0 Å². The summed E-state index contributed by atoms with van der Waals surface area (Å²) in [6.07, 6.45) is 2.10. The molecule has 0 aromatic carbocycles. The SMILES string of the molecule is CCCCOCCOC(=O)CC(CN)OCC. The second-order valence-corrected chi connectivity index (χ2v) is 3.70. The van der Waals surface area contributed by atoms with Gasteiger partial charge in [0.25, 0.3) is 0 Å². The summed E-state index contributed by atoms with van der Waals surface area (Å²) >= 11 is 0. The van der Waals surface area contributed by atoms with Gasteiger partial charge in [0.05, 0.1) is 19.1 Å². The van der Waals surface area contributed by atoms with Gasteiger partial charge in [0.2, 0.25) is 0 Å². The minimum atomic E-state index is -0.284. The predicted octanol–water partition coefficient (Wildman–Crippen LogP) is 1.10. The Labute approximate surface area is 104 Å². The molecule has 0 saturated carbocycles. The predicted molar refractivity (Wildman–Crippen MR) is 65.8 cm³/mol. The lowest BCUT2D eigenvalue weighted by Gasteiger charge is -2.13. The van der Waals surface area contributed by atoms with E-state index in [9.17, 15) is 4.79 Å². The minimum Gasteiger partial charge on any atom is -0.463 e. The summed E-state index contributed by atoms with van der Waals surface area (Å²) in [5, 5.41) is 0. The Morgan fingerprint density at radius 2 is 2.00 bits per heavy atom. The Kier molecular flexibility index (Phi) is 11.4. The zero-order valence-electron chi connectivity index (χ0n) is 10.9. The van der Waals surface area contributed by atoms with Crippen molar-refractivity contribution in [1.29, 1.82) is 0 Å². The van der Waals surface area contributed by atoms with Crippen molar-refractivity contribution in [3.63, 3.8) is 0 Å². The fourth-order valence-electron chi connectivity index (χ4n) is 1.25. The van der Waals surface area contributed by atoms with Crippen molar-refractivity contribution in [1.82, 2.24) is 0 Å². The molecule has 0 aromatic rings. The van der Waals surface area contributed by atoms with Crippen LogP contribution in [0.2, 0.25) is 0 Å². The largest absolute Gasteiger partial charge is 0.463 e. The Hall–Kier alpha value is -0.650. The number of ether oxygens (including phenoxy) is 3. The van der Waals surface area contributed by atoms with E-state index in [-0.39, 0.29) is 18.5 Å². The van der Waals surface area contributed by atoms with Gasteiger partial charge in [-0.2, -0.15) is 0 Å². The highest BCUT2D eigenvalue weighted by molar-refractivity contribution is 5.69. The molecular weight excluding hydrogens is 222 g/mol. The summed E-state index contributed by atoms with van der Waals surface area (Å²) < 4.78 is 15.5. The van der Waals surface area contributed by atoms with E-state index in [1.807, 2.05) is 6.92 Å². The lowest BCUT2D eigenvalue weighted by molar-refractivity contribution is -0.148. The van der Waals surface area contributed by atoms with E-state index in [0.29, 0.717) is 26.4 Å². The molecule has 0 saturated heterocycles. The van der Waals surface area contributed by atoms with Gasteiger partial charge in [-0.05, 0) is 13.3 Å². The van der Waals surface area contributed by atoms with Crippen LogP contribution in [0.25, 0.3) is 0 Å². The van der Waals surface area contributed by atoms with E-state index >= 15 is 0 Å². The highest BCUT2D eigenvalue weighted by Gasteiger charge is 2.13. The molecule has 0 spiro atoms. The molecular formula is C12H25NO4. The zero-order valence-corrected chi connectivity index (χ0v) is 10.9. The lowest BCUT2D eigenvalue weighted by Crippen LogP contribution is -2.28. The molecule has 2 N–H and O–H groups in total. The third-order valence-electron chi connectivity index (χ3n) is 2.19. The first-order valence-electron chi connectivity index (χ1n) is 6.29. The Balaban J connectivity index is 3.44. The van der Waals surface area contributed by atoms with Crippen molar-refractivity contribution in [2.45, 2.75) is 39.2 Å².